The molecule has 0 saturated heterocycles. The summed E-state index contributed by atoms with van der Waals surface area (Å²) in [5.74, 6) is -2.68. The van der Waals surface area contributed by atoms with E-state index in [1.807, 2.05) is 0 Å². The van der Waals surface area contributed by atoms with Crippen LogP contribution in [0.3, 0.4) is 0 Å². The summed E-state index contributed by atoms with van der Waals surface area (Å²) in [5.41, 5.74) is 4.07. The van der Waals surface area contributed by atoms with Crippen LogP contribution in [-0.4, -0.2) is 18.0 Å². The van der Waals surface area contributed by atoms with Gasteiger partial charge in [0.2, 0.25) is 5.88 Å². The van der Waals surface area contributed by atoms with Gasteiger partial charge in [-0.15, -0.1) is 0 Å². The Balaban J connectivity index is 2.45. The molecule has 2 N–H and O–H groups in total. The van der Waals surface area contributed by atoms with Crippen molar-refractivity contribution in [2.24, 2.45) is 5.73 Å². The van der Waals surface area contributed by atoms with E-state index < -0.39 is 17.9 Å². The highest BCUT2D eigenvalue weighted by molar-refractivity contribution is 6.31. The number of hydrogen-bond donors (Lipinski definition) is 1. The molecule has 0 aromatic carbocycles. The number of halogens is 3. The summed E-state index contributed by atoms with van der Waals surface area (Å²) < 4.78 is 30.9. The van der Waals surface area contributed by atoms with Crippen molar-refractivity contribution in [3.63, 3.8) is 0 Å². The van der Waals surface area contributed by atoms with E-state index in [9.17, 15) is 8.78 Å². The maximum Gasteiger partial charge on any atom is 0.272 e. The standard InChI is InChI=1S/C9H9ClF2N2O/c1-15-7-2-5(6(10)3-14-7)8(13)4-9(8,11)12/h2-3H,4,13H2,1H3. The number of methoxy groups -OCH3 is 1. The molecule has 1 unspecified atom stereocenters. The normalized spacial score (nSPS) is 27.5. The Bertz CT molecular complexity index is 413. The van der Waals surface area contributed by atoms with Crippen LogP contribution in [0.1, 0.15) is 12.0 Å². The Morgan fingerprint density at radius 1 is 1.60 bits per heavy atom. The summed E-state index contributed by atoms with van der Waals surface area (Å²) in [6.45, 7) is 0. The monoisotopic (exact) mass is 234 g/mol. The summed E-state index contributed by atoms with van der Waals surface area (Å²) in [4.78, 5) is 3.79. The lowest BCUT2D eigenvalue weighted by Gasteiger charge is -2.13. The van der Waals surface area contributed by atoms with Crippen LogP contribution in [0.15, 0.2) is 12.3 Å². The maximum atomic E-state index is 13.0. The number of pyridine rings is 1. The van der Waals surface area contributed by atoms with E-state index >= 15 is 0 Å². The minimum absolute atomic E-state index is 0.135. The van der Waals surface area contributed by atoms with Crippen LogP contribution in [-0.2, 0) is 5.54 Å². The quantitative estimate of drug-likeness (QED) is 0.851. The molecule has 0 radical (unpaired) electrons. The SMILES string of the molecule is COc1cc(C2(N)CC2(F)F)c(Cl)cn1. The van der Waals surface area contributed by atoms with Gasteiger partial charge in [-0.25, -0.2) is 13.8 Å². The van der Waals surface area contributed by atoms with Gasteiger partial charge in [-0.05, 0) is 0 Å². The lowest BCUT2D eigenvalue weighted by atomic mass is 10.1. The predicted octanol–water partition coefficient (Wildman–Crippen LogP) is 1.94. The van der Waals surface area contributed by atoms with Crippen LogP contribution >= 0.6 is 11.6 Å². The highest BCUT2D eigenvalue weighted by atomic mass is 35.5. The Kier molecular flexibility index (Phi) is 2.13. The van der Waals surface area contributed by atoms with Crippen LogP contribution < -0.4 is 10.5 Å². The first kappa shape index (κ1) is 10.6. The fourth-order valence-electron chi connectivity index (χ4n) is 1.47. The van der Waals surface area contributed by atoms with Crippen LogP contribution in [0.4, 0.5) is 8.78 Å². The van der Waals surface area contributed by atoms with Gasteiger partial charge < -0.3 is 10.5 Å². The highest BCUT2D eigenvalue weighted by Gasteiger charge is 2.70. The van der Waals surface area contributed by atoms with Crippen molar-refractivity contribution in [1.29, 1.82) is 0 Å². The Morgan fingerprint density at radius 3 is 2.67 bits per heavy atom. The van der Waals surface area contributed by atoms with E-state index in [0.717, 1.165) is 0 Å². The Morgan fingerprint density at radius 2 is 2.20 bits per heavy atom. The minimum Gasteiger partial charge on any atom is -0.481 e. The largest absolute Gasteiger partial charge is 0.481 e. The summed E-state index contributed by atoms with van der Waals surface area (Å²) >= 11 is 5.77. The van der Waals surface area contributed by atoms with Crippen molar-refractivity contribution in [3.05, 3.63) is 22.8 Å². The lowest BCUT2D eigenvalue weighted by molar-refractivity contribution is 0.0890. The van der Waals surface area contributed by atoms with Gasteiger partial charge in [0.05, 0.1) is 12.1 Å². The zero-order valence-electron chi connectivity index (χ0n) is 7.93. The zero-order chi connectivity index (χ0) is 11.3. The Hall–Kier alpha value is -0.940. The molecule has 3 nitrogen and oxygen atoms in total. The molecular formula is C9H9ClF2N2O. The zero-order valence-corrected chi connectivity index (χ0v) is 8.68. The average molecular weight is 235 g/mol. The van der Waals surface area contributed by atoms with E-state index in [4.69, 9.17) is 22.1 Å². The first-order valence-corrected chi connectivity index (χ1v) is 4.65. The van der Waals surface area contributed by atoms with Crippen LogP contribution in [0.5, 0.6) is 5.88 Å². The molecule has 0 aliphatic heterocycles. The first-order chi connectivity index (χ1) is 6.90. The number of nitrogens with two attached hydrogens (primary N) is 1. The summed E-state index contributed by atoms with van der Waals surface area (Å²) in [6.07, 6.45) is 0.867. The highest BCUT2D eigenvalue weighted by Crippen LogP contribution is 2.59. The number of hydrogen-bond acceptors (Lipinski definition) is 3. The molecular weight excluding hydrogens is 226 g/mol. The summed E-state index contributed by atoms with van der Waals surface area (Å²) in [5, 5.41) is 0.135. The van der Waals surface area contributed by atoms with Gasteiger partial charge in [0, 0.05) is 24.2 Å². The second kappa shape index (κ2) is 3.02. The molecule has 82 valence electrons. The van der Waals surface area contributed by atoms with E-state index in [1.165, 1.54) is 19.4 Å². The third kappa shape index (κ3) is 1.46. The van der Waals surface area contributed by atoms with Crippen LogP contribution in [0.2, 0.25) is 5.02 Å². The van der Waals surface area contributed by atoms with Gasteiger partial charge in [0.15, 0.2) is 0 Å². The predicted molar refractivity (Wildman–Crippen MR) is 51.2 cm³/mol. The molecule has 1 atom stereocenters. The molecule has 0 spiro atoms. The van der Waals surface area contributed by atoms with Gasteiger partial charge >= 0.3 is 0 Å². The molecule has 2 rings (SSSR count). The lowest BCUT2D eigenvalue weighted by Crippen LogP contribution is -2.27. The van der Waals surface area contributed by atoms with Gasteiger partial charge in [-0.1, -0.05) is 11.6 Å². The van der Waals surface area contributed by atoms with E-state index in [2.05, 4.69) is 4.98 Å². The molecule has 0 amide bonds. The maximum absolute atomic E-state index is 13.0. The van der Waals surface area contributed by atoms with Crippen molar-refractivity contribution < 1.29 is 13.5 Å². The third-order valence-corrected chi connectivity index (χ3v) is 2.85. The second-order valence-electron chi connectivity index (χ2n) is 3.56. The molecule has 15 heavy (non-hydrogen) atoms. The molecule has 1 aromatic rings. The van der Waals surface area contributed by atoms with Crippen molar-refractivity contribution in [2.75, 3.05) is 7.11 Å². The molecule has 1 fully saturated rings. The second-order valence-corrected chi connectivity index (χ2v) is 3.97. The Labute approximate surface area is 90.2 Å². The van der Waals surface area contributed by atoms with Gasteiger partial charge in [0.25, 0.3) is 5.92 Å². The summed E-state index contributed by atoms with van der Waals surface area (Å²) in [6, 6.07) is 1.35. The van der Waals surface area contributed by atoms with Gasteiger partial charge in [0.1, 0.15) is 5.54 Å². The van der Waals surface area contributed by atoms with Gasteiger partial charge in [-0.3, -0.25) is 0 Å². The number of rotatable bonds is 2. The molecule has 1 aromatic heterocycles. The van der Waals surface area contributed by atoms with Crippen LogP contribution in [0, 0.1) is 0 Å². The van der Waals surface area contributed by atoms with E-state index in [-0.39, 0.29) is 16.5 Å². The topological polar surface area (TPSA) is 48.1 Å². The molecule has 0 bridgehead atoms. The van der Waals surface area contributed by atoms with Crippen molar-refractivity contribution in [1.82, 2.24) is 4.98 Å². The van der Waals surface area contributed by atoms with Crippen molar-refractivity contribution in [2.45, 2.75) is 17.9 Å². The first-order valence-electron chi connectivity index (χ1n) is 4.27. The summed E-state index contributed by atoms with van der Waals surface area (Å²) in [7, 11) is 1.40. The molecule has 6 heteroatoms. The number of alkyl halides is 2. The van der Waals surface area contributed by atoms with E-state index in [1.54, 1.807) is 0 Å². The molecule has 1 saturated carbocycles. The fraction of sp³-hybridized carbons (Fsp3) is 0.444. The van der Waals surface area contributed by atoms with Crippen molar-refractivity contribution >= 4 is 11.6 Å². The average Bonchev–Trinajstić information content (AvgIpc) is 2.68. The van der Waals surface area contributed by atoms with Crippen LogP contribution in [0.25, 0.3) is 0 Å². The third-order valence-electron chi connectivity index (χ3n) is 2.55. The molecule has 1 heterocycles. The fourth-order valence-corrected chi connectivity index (χ4v) is 1.74. The molecule has 1 aliphatic rings. The van der Waals surface area contributed by atoms with Crippen molar-refractivity contribution in [3.8, 4) is 5.88 Å². The molecule has 1 aliphatic carbocycles. The number of ether oxygens (including phenoxy) is 1. The number of aromatic nitrogens is 1. The van der Waals surface area contributed by atoms with E-state index in [0.29, 0.717) is 0 Å². The van der Waals surface area contributed by atoms with Gasteiger partial charge in [-0.2, -0.15) is 0 Å². The smallest absolute Gasteiger partial charge is 0.272 e. The number of nitrogens with zero attached hydrogens (tertiary/aromatic N) is 1. The minimum atomic E-state index is -2.90.